The Kier molecular flexibility index (Phi) is 5.59. The van der Waals surface area contributed by atoms with Crippen LogP contribution in [0.3, 0.4) is 0 Å². The van der Waals surface area contributed by atoms with E-state index in [1.54, 1.807) is 0 Å². The third-order valence-electron chi connectivity index (χ3n) is 4.45. The molecule has 2 atom stereocenters. The summed E-state index contributed by atoms with van der Waals surface area (Å²) in [6.07, 6.45) is 4.72. The van der Waals surface area contributed by atoms with Gasteiger partial charge in [0.25, 0.3) is 10.2 Å². The fourth-order valence-electron chi connectivity index (χ4n) is 3.07. The SMILES string of the molecule is COC(=O)C1CCN(S(=O)(=O)N[C@@H]2CCCC[C@H]2N)CC1. The fraction of sp³-hybridized carbons (Fsp3) is 0.923. The van der Waals surface area contributed by atoms with Crippen molar-refractivity contribution in [1.29, 1.82) is 0 Å². The highest BCUT2D eigenvalue weighted by atomic mass is 32.2. The van der Waals surface area contributed by atoms with Crippen molar-refractivity contribution in [2.45, 2.75) is 50.6 Å². The highest BCUT2D eigenvalue weighted by Crippen LogP contribution is 2.22. The van der Waals surface area contributed by atoms with Gasteiger partial charge in [-0.25, -0.2) is 0 Å². The minimum absolute atomic E-state index is 0.110. The molecular weight excluding hydrogens is 294 g/mol. The lowest BCUT2D eigenvalue weighted by atomic mass is 9.92. The van der Waals surface area contributed by atoms with Crippen molar-refractivity contribution < 1.29 is 17.9 Å². The Morgan fingerprint density at radius 2 is 1.81 bits per heavy atom. The largest absolute Gasteiger partial charge is 0.469 e. The first-order valence-electron chi connectivity index (χ1n) is 7.55. The number of methoxy groups -OCH3 is 1. The Bertz CT molecular complexity index is 460. The topological polar surface area (TPSA) is 102 Å². The van der Waals surface area contributed by atoms with Crippen molar-refractivity contribution >= 4 is 16.2 Å². The van der Waals surface area contributed by atoms with Gasteiger partial charge in [0, 0.05) is 25.2 Å². The average Bonchev–Trinajstić information content (AvgIpc) is 2.49. The maximum absolute atomic E-state index is 12.4. The highest BCUT2D eigenvalue weighted by molar-refractivity contribution is 7.87. The number of nitrogens with one attached hydrogen (secondary N) is 1. The van der Waals surface area contributed by atoms with Gasteiger partial charge in [-0.2, -0.15) is 17.4 Å². The van der Waals surface area contributed by atoms with E-state index in [1.807, 2.05) is 0 Å². The monoisotopic (exact) mass is 319 g/mol. The van der Waals surface area contributed by atoms with Gasteiger partial charge in [0.15, 0.2) is 0 Å². The summed E-state index contributed by atoms with van der Waals surface area (Å²) >= 11 is 0. The zero-order valence-corrected chi connectivity index (χ0v) is 13.3. The van der Waals surface area contributed by atoms with Gasteiger partial charge in [-0.15, -0.1) is 0 Å². The zero-order chi connectivity index (χ0) is 15.5. The van der Waals surface area contributed by atoms with Crippen LogP contribution < -0.4 is 10.5 Å². The number of esters is 1. The molecule has 21 heavy (non-hydrogen) atoms. The molecule has 8 heteroatoms. The van der Waals surface area contributed by atoms with E-state index in [2.05, 4.69) is 4.72 Å². The normalized spacial score (nSPS) is 29.2. The number of carbonyl (C=O) groups is 1. The molecule has 0 radical (unpaired) electrons. The number of hydrogen-bond acceptors (Lipinski definition) is 5. The third-order valence-corrected chi connectivity index (χ3v) is 6.09. The Balaban J connectivity index is 1.90. The molecule has 1 aliphatic heterocycles. The summed E-state index contributed by atoms with van der Waals surface area (Å²) in [6, 6.07) is -0.289. The van der Waals surface area contributed by atoms with Crippen LogP contribution in [0.5, 0.6) is 0 Å². The molecule has 0 aromatic heterocycles. The van der Waals surface area contributed by atoms with Gasteiger partial charge in [-0.05, 0) is 25.7 Å². The van der Waals surface area contributed by atoms with Gasteiger partial charge in [0.2, 0.25) is 0 Å². The third kappa shape index (κ3) is 4.15. The van der Waals surface area contributed by atoms with Crippen LogP contribution in [0.4, 0.5) is 0 Å². The van der Waals surface area contributed by atoms with Gasteiger partial charge in [-0.1, -0.05) is 12.8 Å². The Hall–Kier alpha value is -0.700. The number of piperidine rings is 1. The van der Waals surface area contributed by atoms with Gasteiger partial charge in [0.05, 0.1) is 13.0 Å². The highest BCUT2D eigenvalue weighted by Gasteiger charge is 2.34. The molecule has 0 bridgehead atoms. The van der Waals surface area contributed by atoms with Crippen molar-refractivity contribution in [1.82, 2.24) is 9.03 Å². The summed E-state index contributed by atoms with van der Waals surface area (Å²) in [7, 11) is -2.16. The summed E-state index contributed by atoms with van der Waals surface area (Å²) in [5, 5.41) is 0. The van der Waals surface area contributed by atoms with Gasteiger partial charge in [-0.3, -0.25) is 4.79 Å². The number of nitrogens with two attached hydrogens (primary N) is 1. The lowest BCUT2D eigenvalue weighted by molar-refractivity contribution is -0.146. The molecule has 2 aliphatic rings. The number of carbonyl (C=O) groups excluding carboxylic acids is 1. The molecule has 0 aromatic carbocycles. The van der Waals surface area contributed by atoms with Gasteiger partial charge in [0.1, 0.15) is 0 Å². The predicted molar refractivity (Wildman–Crippen MR) is 78.6 cm³/mol. The van der Waals surface area contributed by atoms with Crippen LogP contribution >= 0.6 is 0 Å². The Morgan fingerprint density at radius 1 is 1.19 bits per heavy atom. The number of nitrogens with zero attached hydrogens (tertiary/aromatic N) is 1. The van der Waals surface area contributed by atoms with Crippen LogP contribution in [0, 0.1) is 5.92 Å². The van der Waals surface area contributed by atoms with E-state index in [9.17, 15) is 13.2 Å². The second kappa shape index (κ2) is 7.04. The fourth-order valence-corrected chi connectivity index (χ4v) is 4.59. The first-order valence-corrected chi connectivity index (χ1v) is 8.99. The molecule has 2 rings (SSSR count). The summed E-state index contributed by atoms with van der Waals surface area (Å²) in [5.74, 6) is -0.451. The van der Waals surface area contributed by atoms with Crippen LogP contribution in [-0.4, -0.2) is 51.0 Å². The lowest BCUT2D eigenvalue weighted by Crippen LogP contribution is -2.54. The molecule has 2 fully saturated rings. The molecule has 1 aliphatic carbocycles. The summed E-state index contributed by atoms with van der Waals surface area (Å²) in [4.78, 5) is 11.5. The van der Waals surface area contributed by atoms with E-state index in [0.29, 0.717) is 25.9 Å². The van der Waals surface area contributed by atoms with Crippen LogP contribution in [0.2, 0.25) is 0 Å². The van der Waals surface area contributed by atoms with Crippen molar-refractivity contribution in [3.63, 3.8) is 0 Å². The molecule has 122 valence electrons. The minimum Gasteiger partial charge on any atom is -0.469 e. The average molecular weight is 319 g/mol. The van der Waals surface area contributed by atoms with E-state index in [-0.39, 0.29) is 24.0 Å². The number of rotatable bonds is 4. The first kappa shape index (κ1) is 16.7. The zero-order valence-electron chi connectivity index (χ0n) is 12.5. The lowest BCUT2D eigenvalue weighted by Gasteiger charge is -2.34. The second-order valence-corrected chi connectivity index (χ2v) is 7.58. The number of hydrogen-bond donors (Lipinski definition) is 2. The van der Waals surface area contributed by atoms with E-state index >= 15 is 0 Å². The van der Waals surface area contributed by atoms with Gasteiger partial charge < -0.3 is 10.5 Å². The molecule has 0 spiro atoms. The van der Waals surface area contributed by atoms with E-state index in [0.717, 1.165) is 25.7 Å². The quantitative estimate of drug-likeness (QED) is 0.709. The van der Waals surface area contributed by atoms with E-state index in [1.165, 1.54) is 11.4 Å². The van der Waals surface area contributed by atoms with Crippen LogP contribution in [0.25, 0.3) is 0 Å². The smallest absolute Gasteiger partial charge is 0.308 e. The van der Waals surface area contributed by atoms with Crippen molar-refractivity contribution in [2.75, 3.05) is 20.2 Å². The number of ether oxygens (including phenoxy) is 1. The standard InChI is InChI=1S/C13H25N3O4S/c1-20-13(17)10-6-8-16(9-7-10)21(18,19)15-12-5-3-2-4-11(12)14/h10-12,15H,2-9,14H2,1H3/t11-,12-/m1/s1. The summed E-state index contributed by atoms with van der Waals surface area (Å²) in [5.41, 5.74) is 5.99. The van der Waals surface area contributed by atoms with Crippen LogP contribution in [-0.2, 0) is 19.7 Å². The molecular formula is C13H25N3O4S. The first-order chi connectivity index (χ1) is 9.94. The van der Waals surface area contributed by atoms with Gasteiger partial charge >= 0.3 is 5.97 Å². The molecule has 7 nitrogen and oxygen atoms in total. The summed E-state index contributed by atoms with van der Waals surface area (Å²) in [6.45, 7) is 0.689. The second-order valence-electron chi connectivity index (χ2n) is 5.87. The van der Waals surface area contributed by atoms with Crippen molar-refractivity contribution in [3.8, 4) is 0 Å². The maximum atomic E-state index is 12.4. The predicted octanol–water partition coefficient (Wildman–Crippen LogP) is -0.0243. The minimum atomic E-state index is -3.52. The molecule has 1 heterocycles. The van der Waals surface area contributed by atoms with Crippen molar-refractivity contribution in [2.24, 2.45) is 11.7 Å². The maximum Gasteiger partial charge on any atom is 0.308 e. The molecule has 3 N–H and O–H groups in total. The van der Waals surface area contributed by atoms with Crippen LogP contribution in [0.1, 0.15) is 38.5 Å². The van der Waals surface area contributed by atoms with Crippen molar-refractivity contribution in [3.05, 3.63) is 0 Å². The van der Waals surface area contributed by atoms with Crippen LogP contribution in [0.15, 0.2) is 0 Å². The molecule has 1 saturated heterocycles. The Labute approximate surface area is 126 Å². The summed E-state index contributed by atoms with van der Waals surface area (Å²) < 4.78 is 33.6. The van der Waals surface area contributed by atoms with E-state index < -0.39 is 10.2 Å². The molecule has 0 amide bonds. The Morgan fingerprint density at radius 3 is 2.38 bits per heavy atom. The molecule has 1 saturated carbocycles. The van der Waals surface area contributed by atoms with E-state index in [4.69, 9.17) is 10.5 Å². The molecule has 0 unspecified atom stereocenters. The molecule has 0 aromatic rings.